The zero-order chi connectivity index (χ0) is 15.7. The van der Waals surface area contributed by atoms with E-state index < -0.39 is 17.1 Å². The van der Waals surface area contributed by atoms with Gasteiger partial charge in [0.2, 0.25) is 11.1 Å². The molecule has 1 N–H and O–H groups in total. The molecule has 2 rings (SSSR count). The molecule has 2 aromatic rings. The van der Waals surface area contributed by atoms with Crippen LogP contribution in [-0.4, -0.2) is 20.9 Å². The number of aromatic nitrogens is 2. The predicted octanol–water partition coefficient (Wildman–Crippen LogP) is 3.02. The SMILES string of the molecule is Cc1ccc(Cl)c(-n2cc(C(C)C)c(=O)c(C(=O)O)n2)c1. The quantitative estimate of drug-likeness (QED) is 0.946. The summed E-state index contributed by atoms with van der Waals surface area (Å²) in [5.74, 6) is -1.46. The number of nitrogens with zero attached hydrogens (tertiary/aromatic N) is 2. The highest BCUT2D eigenvalue weighted by atomic mass is 35.5. The fourth-order valence-corrected chi connectivity index (χ4v) is 2.19. The molecule has 0 atom stereocenters. The lowest BCUT2D eigenvalue weighted by molar-refractivity contribution is 0.0686. The van der Waals surface area contributed by atoms with Crippen LogP contribution in [0.4, 0.5) is 0 Å². The zero-order valence-electron chi connectivity index (χ0n) is 11.9. The minimum absolute atomic E-state index is 0.117. The number of aryl methyl sites for hydroxylation is 1. The maximum absolute atomic E-state index is 12.1. The first-order valence-electron chi connectivity index (χ1n) is 6.45. The van der Waals surface area contributed by atoms with Crippen LogP contribution in [-0.2, 0) is 0 Å². The van der Waals surface area contributed by atoms with Crippen molar-refractivity contribution in [2.45, 2.75) is 26.7 Å². The van der Waals surface area contributed by atoms with E-state index in [-0.39, 0.29) is 5.92 Å². The second-order valence-electron chi connectivity index (χ2n) is 5.12. The van der Waals surface area contributed by atoms with Gasteiger partial charge in [0.05, 0.1) is 10.7 Å². The van der Waals surface area contributed by atoms with E-state index in [0.29, 0.717) is 16.3 Å². The second kappa shape index (κ2) is 5.69. The van der Waals surface area contributed by atoms with Crippen molar-refractivity contribution in [3.63, 3.8) is 0 Å². The Bertz CT molecular complexity index is 766. The number of carbonyl (C=O) groups is 1. The summed E-state index contributed by atoms with van der Waals surface area (Å²) in [5, 5.41) is 13.5. The first-order chi connectivity index (χ1) is 9.81. The van der Waals surface area contributed by atoms with Crippen molar-refractivity contribution in [3.8, 4) is 5.69 Å². The van der Waals surface area contributed by atoms with Gasteiger partial charge < -0.3 is 5.11 Å². The summed E-state index contributed by atoms with van der Waals surface area (Å²) in [6.45, 7) is 5.54. The third-order valence-corrected chi connectivity index (χ3v) is 3.44. The number of aromatic carboxylic acids is 1. The minimum Gasteiger partial charge on any atom is -0.476 e. The van der Waals surface area contributed by atoms with Gasteiger partial charge in [0.15, 0.2) is 0 Å². The maximum atomic E-state index is 12.1. The average molecular weight is 307 g/mol. The first-order valence-corrected chi connectivity index (χ1v) is 6.82. The Labute approximate surface area is 126 Å². The molecule has 0 bridgehead atoms. The highest BCUT2D eigenvalue weighted by molar-refractivity contribution is 6.32. The van der Waals surface area contributed by atoms with Crippen LogP contribution in [0, 0.1) is 6.92 Å². The van der Waals surface area contributed by atoms with Crippen LogP contribution in [0.1, 0.15) is 41.4 Å². The van der Waals surface area contributed by atoms with Gasteiger partial charge in [0.25, 0.3) is 0 Å². The first kappa shape index (κ1) is 15.3. The summed E-state index contributed by atoms with van der Waals surface area (Å²) < 4.78 is 1.36. The van der Waals surface area contributed by atoms with Gasteiger partial charge in [0.1, 0.15) is 0 Å². The number of rotatable bonds is 3. The Morgan fingerprint density at radius 3 is 2.62 bits per heavy atom. The fourth-order valence-electron chi connectivity index (χ4n) is 1.98. The van der Waals surface area contributed by atoms with Gasteiger partial charge >= 0.3 is 5.97 Å². The third-order valence-electron chi connectivity index (χ3n) is 3.12. The minimum atomic E-state index is -1.35. The van der Waals surface area contributed by atoms with E-state index in [4.69, 9.17) is 16.7 Å². The summed E-state index contributed by atoms with van der Waals surface area (Å²) in [6.07, 6.45) is 1.54. The van der Waals surface area contributed by atoms with Crippen molar-refractivity contribution in [2.75, 3.05) is 0 Å². The lowest BCUT2D eigenvalue weighted by atomic mass is 10.0. The van der Waals surface area contributed by atoms with E-state index in [2.05, 4.69) is 5.10 Å². The maximum Gasteiger partial charge on any atom is 0.360 e. The molecule has 6 heteroatoms. The van der Waals surface area contributed by atoms with E-state index in [1.807, 2.05) is 26.8 Å². The van der Waals surface area contributed by atoms with E-state index in [0.717, 1.165) is 5.56 Å². The Morgan fingerprint density at radius 1 is 1.38 bits per heavy atom. The number of carboxylic acids is 1. The molecule has 0 radical (unpaired) electrons. The largest absolute Gasteiger partial charge is 0.476 e. The number of carboxylic acid groups (broad SMARTS) is 1. The Kier molecular flexibility index (Phi) is 4.14. The lowest BCUT2D eigenvalue weighted by Crippen LogP contribution is -2.25. The predicted molar refractivity (Wildman–Crippen MR) is 80.6 cm³/mol. The van der Waals surface area contributed by atoms with Crippen molar-refractivity contribution < 1.29 is 9.90 Å². The molecule has 5 nitrogen and oxygen atoms in total. The van der Waals surface area contributed by atoms with Crippen LogP contribution in [0.3, 0.4) is 0 Å². The van der Waals surface area contributed by atoms with Crippen LogP contribution in [0.25, 0.3) is 5.69 Å². The van der Waals surface area contributed by atoms with Gasteiger partial charge in [-0.2, -0.15) is 5.10 Å². The topological polar surface area (TPSA) is 72.2 Å². The molecule has 0 saturated heterocycles. The molecule has 0 fully saturated rings. The molecule has 21 heavy (non-hydrogen) atoms. The molecule has 0 saturated carbocycles. The smallest absolute Gasteiger partial charge is 0.360 e. The lowest BCUT2D eigenvalue weighted by Gasteiger charge is -2.13. The Morgan fingerprint density at radius 2 is 2.05 bits per heavy atom. The van der Waals surface area contributed by atoms with Crippen LogP contribution < -0.4 is 5.43 Å². The summed E-state index contributed by atoms with van der Waals surface area (Å²) >= 11 is 6.15. The molecule has 1 heterocycles. The summed E-state index contributed by atoms with van der Waals surface area (Å²) in [7, 11) is 0. The fraction of sp³-hybridized carbons (Fsp3) is 0.267. The normalized spacial score (nSPS) is 10.9. The molecular formula is C15H15ClN2O3. The summed E-state index contributed by atoms with van der Waals surface area (Å²) in [6, 6.07) is 5.34. The van der Waals surface area contributed by atoms with Crippen molar-refractivity contribution in [2.24, 2.45) is 0 Å². The zero-order valence-corrected chi connectivity index (χ0v) is 12.7. The van der Waals surface area contributed by atoms with Crippen molar-refractivity contribution in [3.05, 3.63) is 56.5 Å². The molecule has 0 amide bonds. The molecule has 0 aliphatic rings. The average Bonchev–Trinajstić information content (AvgIpc) is 2.41. The number of hydrogen-bond acceptors (Lipinski definition) is 3. The van der Waals surface area contributed by atoms with Crippen molar-refractivity contribution >= 4 is 17.6 Å². The van der Waals surface area contributed by atoms with E-state index in [1.165, 1.54) is 4.68 Å². The number of benzene rings is 1. The summed E-state index contributed by atoms with van der Waals surface area (Å²) in [4.78, 5) is 23.3. The molecule has 0 aliphatic heterocycles. The Hall–Kier alpha value is -2.14. The standard InChI is InChI=1S/C15H15ClN2O3/c1-8(2)10-7-18(17-13(14(10)19)15(20)21)12-6-9(3)4-5-11(12)16/h4-8H,1-3H3,(H,20,21). The second-order valence-corrected chi connectivity index (χ2v) is 5.53. The molecular weight excluding hydrogens is 292 g/mol. The van der Waals surface area contributed by atoms with E-state index >= 15 is 0 Å². The highest BCUT2D eigenvalue weighted by Gasteiger charge is 2.18. The third kappa shape index (κ3) is 2.97. The molecule has 0 spiro atoms. The van der Waals surface area contributed by atoms with Gasteiger partial charge in [-0.05, 0) is 30.5 Å². The van der Waals surface area contributed by atoms with Gasteiger partial charge in [0, 0.05) is 11.8 Å². The van der Waals surface area contributed by atoms with Gasteiger partial charge in [-0.1, -0.05) is 31.5 Å². The molecule has 0 unspecified atom stereocenters. The number of hydrogen-bond donors (Lipinski definition) is 1. The van der Waals surface area contributed by atoms with Gasteiger partial charge in [-0.15, -0.1) is 0 Å². The van der Waals surface area contributed by atoms with Crippen molar-refractivity contribution in [1.29, 1.82) is 0 Å². The van der Waals surface area contributed by atoms with Gasteiger partial charge in [-0.3, -0.25) is 4.79 Å². The van der Waals surface area contributed by atoms with Crippen LogP contribution in [0.15, 0.2) is 29.2 Å². The molecule has 110 valence electrons. The molecule has 1 aromatic carbocycles. The van der Waals surface area contributed by atoms with Crippen molar-refractivity contribution in [1.82, 2.24) is 9.78 Å². The Balaban J connectivity index is 2.78. The van der Waals surface area contributed by atoms with Crippen LogP contribution in [0.2, 0.25) is 5.02 Å². The number of halogens is 1. The summed E-state index contributed by atoms with van der Waals surface area (Å²) in [5.41, 5.74) is 0.829. The van der Waals surface area contributed by atoms with Crippen LogP contribution >= 0.6 is 11.6 Å². The van der Waals surface area contributed by atoms with E-state index in [9.17, 15) is 9.59 Å². The van der Waals surface area contributed by atoms with Gasteiger partial charge in [-0.25, -0.2) is 9.48 Å². The van der Waals surface area contributed by atoms with Crippen LogP contribution in [0.5, 0.6) is 0 Å². The highest BCUT2D eigenvalue weighted by Crippen LogP contribution is 2.22. The monoisotopic (exact) mass is 306 g/mol. The van der Waals surface area contributed by atoms with E-state index in [1.54, 1.807) is 18.3 Å². The molecule has 1 aromatic heterocycles. The molecule has 0 aliphatic carbocycles.